The highest BCUT2D eigenvalue weighted by molar-refractivity contribution is 6.01. The van der Waals surface area contributed by atoms with Crippen molar-refractivity contribution in [2.24, 2.45) is 16.8 Å². The Labute approximate surface area is 196 Å². The van der Waals surface area contributed by atoms with E-state index in [0.29, 0.717) is 5.92 Å². The topological polar surface area (TPSA) is 53.2 Å². The van der Waals surface area contributed by atoms with Gasteiger partial charge < -0.3 is 9.30 Å². The van der Waals surface area contributed by atoms with Crippen molar-refractivity contribution >= 4 is 23.3 Å². The van der Waals surface area contributed by atoms with E-state index in [-0.39, 0.29) is 11.8 Å². The molecule has 1 fully saturated rings. The number of allylic oxidation sites excluding steroid dienone is 4. The number of rotatable bonds is 3. The Kier molecular flexibility index (Phi) is 5.79. The summed E-state index contributed by atoms with van der Waals surface area (Å²) in [6.45, 7) is 11.8. The predicted octanol–water partition coefficient (Wildman–Crippen LogP) is 4.74. The number of pyridine rings is 1. The molecule has 1 atom stereocenters. The summed E-state index contributed by atoms with van der Waals surface area (Å²) in [6.07, 6.45) is 15.0. The average Bonchev–Trinajstić information content (AvgIpc) is 3.21. The van der Waals surface area contributed by atoms with E-state index in [2.05, 4.69) is 53.4 Å². The van der Waals surface area contributed by atoms with Gasteiger partial charge in [-0.25, -0.2) is 4.98 Å². The Hall–Kier alpha value is -2.99. The van der Waals surface area contributed by atoms with Gasteiger partial charge >= 0.3 is 0 Å². The lowest BCUT2D eigenvalue weighted by Gasteiger charge is -2.33. The van der Waals surface area contributed by atoms with Gasteiger partial charge in [-0.2, -0.15) is 0 Å². The lowest BCUT2D eigenvalue weighted by molar-refractivity contribution is -0.122. The number of hydrogen-bond donors (Lipinski definition) is 0. The Bertz CT molecular complexity index is 1210. The maximum absolute atomic E-state index is 13.5. The third-order valence-electron chi connectivity index (χ3n) is 7.26. The molecule has 0 saturated carbocycles. The molecule has 1 unspecified atom stereocenters. The van der Waals surface area contributed by atoms with Gasteiger partial charge in [0.2, 0.25) is 0 Å². The largest absolute Gasteiger partial charge is 0.306 e. The Morgan fingerprint density at radius 3 is 2.70 bits per heavy atom. The van der Waals surface area contributed by atoms with Crippen LogP contribution in [0, 0.1) is 25.7 Å². The predicted molar refractivity (Wildman–Crippen MR) is 133 cm³/mol. The Balaban J connectivity index is 1.46. The highest BCUT2D eigenvalue weighted by Crippen LogP contribution is 2.33. The molecule has 5 heterocycles. The van der Waals surface area contributed by atoms with Crippen molar-refractivity contribution in [2.75, 3.05) is 19.6 Å². The van der Waals surface area contributed by atoms with Crippen molar-refractivity contribution in [3.63, 3.8) is 0 Å². The molecular weight excluding hydrogens is 410 g/mol. The molecule has 6 heteroatoms. The number of nitrogens with zero attached hydrogens (tertiary/aromatic N) is 5. The molecule has 3 aliphatic heterocycles. The molecule has 5 rings (SSSR count). The number of amides is 1. The van der Waals surface area contributed by atoms with E-state index in [1.807, 2.05) is 31.6 Å². The molecule has 0 N–H and O–H groups in total. The fraction of sp³-hybridized carbons (Fsp3) is 0.444. The molecule has 33 heavy (non-hydrogen) atoms. The molecule has 2 aromatic heterocycles. The van der Waals surface area contributed by atoms with Crippen LogP contribution < -0.4 is 0 Å². The number of piperidine rings is 1. The summed E-state index contributed by atoms with van der Waals surface area (Å²) in [5, 5.41) is 0. The van der Waals surface area contributed by atoms with Crippen LogP contribution in [0.5, 0.6) is 0 Å². The summed E-state index contributed by atoms with van der Waals surface area (Å²) in [7, 11) is 0. The minimum absolute atomic E-state index is 0.00277. The molecule has 1 saturated heterocycles. The summed E-state index contributed by atoms with van der Waals surface area (Å²) in [5.41, 5.74) is 7.15. The summed E-state index contributed by atoms with van der Waals surface area (Å²) in [5.74, 6) is 0.639. The van der Waals surface area contributed by atoms with Gasteiger partial charge in [0.05, 0.1) is 23.3 Å². The molecule has 3 aliphatic rings. The Morgan fingerprint density at radius 2 is 1.94 bits per heavy atom. The van der Waals surface area contributed by atoms with Gasteiger partial charge in [0.15, 0.2) is 0 Å². The molecule has 172 valence electrons. The standard InChI is InChI=1S/C27H33N5O/c1-5-30-10-8-21(9-11-30)25-17-32-23(14-28-25)7-6-18(2)24(13-26(32)33)22-12-19(3)27-29-20(4)15-31(27)16-22/h7,12-18,21H,5-6,8-11H2,1-4H3. The number of hydrogen-bond acceptors (Lipinski definition) is 4. The molecular formula is C27H33N5O. The summed E-state index contributed by atoms with van der Waals surface area (Å²) in [4.78, 5) is 27.1. The fourth-order valence-electron chi connectivity index (χ4n) is 5.23. The van der Waals surface area contributed by atoms with Crippen LogP contribution in [0.15, 0.2) is 53.2 Å². The van der Waals surface area contributed by atoms with Crippen LogP contribution in [-0.4, -0.2) is 50.9 Å². The van der Waals surface area contributed by atoms with Gasteiger partial charge in [-0.1, -0.05) is 19.9 Å². The number of carbonyl (C=O) groups is 1. The van der Waals surface area contributed by atoms with Gasteiger partial charge in [-0.15, -0.1) is 0 Å². The van der Waals surface area contributed by atoms with Crippen LogP contribution in [0.25, 0.3) is 11.2 Å². The number of imidazole rings is 1. The van der Waals surface area contributed by atoms with Gasteiger partial charge in [0.1, 0.15) is 5.65 Å². The second-order valence-corrected chi connectivity index (χ2v) is 9.62. The lowest BCUT2D eigenvalue weighted by atomic mass is 9.89. The second-order valence-electron chi connectivity index (χ2n) is 9.62. The van der Waals surface area contributed by atoms with E-state index in [9.17, 15) is 4.79 Å². The smallest absolute Gasteiger partial charge is 0.255 e. The first-order chi connectivity index (χ1) is 15.9. The zero-order valence-corrected chi connectivity index (χ0v) is 20.1. The van der Waals surface area contributed by atoms with Crippen LogP contribution >= 0.6 is 0 Å². The van der Waals surface area contributed by atoms with Crippen LogP contribution in [0.4, 0.5) is 0 Å². The van der Waals surface area contributed by atoms with Crippen LogP contribution in [-0.2, 0) is 4.79 Å². The second kappa shape index (κ2) is 8.75. The van der Waals surface area contributed by atoms with E-state index < -0.39 is 0 Å². The molecule has 6 nitrogen and oxygen atoms in total. The van der Waals surface area contributed by atoms with E-state index in [0.717, 1.165) is 78.3 Å². The number of aromatic nitrogens is 2. The maximum Gasteiger partial charge on any atom is 0.255 e. The van der Waals surface area contributed by atoms with Crippen LogP contribution in [0.1, 0.15) is 49.9 Å². The minimum Gasteiger partial charge on any atom is -0.306 e. The summed E-state index contributed by atoms with van der Waals surface area (Å²) < 4.78 is 2.08. The minimum atomic E-state index is -0.00277. The van der Waals surface area contributed by atoms with Crippen LogP contribution in [0.3, 0.4) is 0 Å². The van der Waals surface area contributed by atoms with Crippen LogP contribution in [0.2, 0.25) is 0 Å². The maximum atomic E-state index is 13.5. The van der Waals surface area contributed by atoms with Crippen molar-refractivity contribution in [2.45, 2.75) is 47.0 Å². The van der Waals surface area contributed by atoms with Gasteiger partial charge in [0.25, 0.3) is 5.91 Å². The molecule has 0 spiro atoms. The third kappa shape index (κ3) is 4.20. The highest BCUT2D eigenvalue weighted by atomic mass is 16.2. The van der Waals surface area contributed by atoms with Crippen molar-refractivity contribution < 1.29 is 4.79 Å². The average molecular weight is 444 g/mol. The molecule has 0 aliphatic carbocycles. The van der Waals surface area contributed by atoms with Gasteiger partial charge in [-0.3, -0.25) is 14.7 Å². The number of fused-ring (bicyclic) bond motifs is 2. The SMILES string of the molecule is CCN1CCC(C2=CN3C(=O)C=C(c4cc(C)c5nc(C)cn5c4)C(C)CC=C3C=N2)CC1. The summed E-state index contributed by atoms with van der Waals surface area (Å²) in [6, 6.07) is 2.16. The highest BCUT2D eigenvalue weighted by Gasteiger charge is 2.27. The van der Waals surface area contributed by atoms with Crippen molar-refractivity contribution in [3.05, 3.63) is 65.0 Å². The fourth-order valence-corrected chi connectivity index (χ4v) is 5.23. The first-order valence-corrected chi connectivity index (χ1v) is 12.1. The number of likely N-dealkylation sites (tertiary alicyclic amines) is 1. The van der Waals surface area contributed by atoms with E-state index in [1.165, 1.54) is 0 Å². The molecule has 2 aromatic rings. The van der Waals surface area contributed by atoms with Gasteiger partial charge in [0, 0.05) is 30.6 Å². The number of carbonyl (C=O) groups excluding carboxylic acids is 1. The monoisotopic (exact) mass is 443 g/mol. The first-order valence-electron chi connectivity index (χ1n) is 12.1. The zero-order chi connectivity index (χ0) is 23.1. The quantitative estimate of drug-likeness (QED) is 0.688. The van der Waals surface area contributed by atoms with Crippen molar-refractivity contribution in [1.82, 2.24) is 19.2 Å². The number of aryl methyl sites for hydroxylation is 2. The Morgan fingerprint density at radius 1 is 1.15 bits per heavy atom. The van der Waals surface area contributed by atoms with E-state index in [4.69, 9.17) is 4.99 Å². The lowest BCUT2D eigenvalue weighted by Crippen LogP contribution is -2.35. The van der Waals surface area contributed by atoms with Gasteiger partial charge in [-0.05, 0) is 81.4 Å². The third-order valence-corrected chi connectivity index (χ3v) is 7.26. The van der Waals surface area contributed by atoms with E-state index >= 15 is 0 Å². The molecule has 0 radical (unpaired) electrons. The molecule has 0 aromatic carbocycles. The summed E-state index contributed by atoms with van der Waals surface area (Å²) >= 11 is 0. The zero-order valence-electron chi connectivity index (χ0n) is 20.1. The molecule has 1 amide bonds. The first kappa shape index (κ1) is 21.8. The van der Waals surface area contributed by atoms with Crippen molar-refractivity contribution in [1.29, 1.82) is 0 Å². The van der Waals surface area contributed by atoms with Crippen molar-refractivity contribution in [3.8, 4) is 0 Å². The molecule has 0 bridgehead atoms. The normalized spacial score (nSPS) is 22.5. The number of aliphatic imine (C=N–C) groups is 1. The van der Waals surface area contributed by atoms with E-state index in [1.54, 1.807) is 4.90 Å².